The highest BCUT2D eigenvalue weighted by atomic mass is 35.5. The van der Waals surface area contributed by atoms with Gasteiger partial charge >= 0.3 is 0 Å². The van der Waals surface area contributed by atoms with Crippen molar-refractivity contribution in [1.82, 2.24) is 14.5 Å². The number of piperazine rings is 1. The van der Waals surface area contributed by atoms with E-state index in [1.165, 1.54) is 12.1 Å². The quantitative estimate of drug-likeness (QED) is 0.711. The summed E-state index contributed by atoms with van der Waals surface area (Å²) in [5, 5.41) is 0.490. The van der Waals surface area contributed by atoms with Crippen LogP contribution in [0.4, 0.5) is 0 Å². The van der Waals surface area contributed by atoms with Crippen molar-refractivity contribution in [2.24, 2.45) is 5.41 Å². The number of nitrogens with zero attached hydrogens (tertiary/aromatic N) is 2. The Morgan fingerprint density at radius 3 is 2.13 bits per heavy atom. The largest absolute Gasteiger partial charge is 0.340 e. The van der Waals surface area contributed by atoms with E-state index in [-0.39, 0.29) is 23.4 Å². The molecule has 1 saturated heterocycles. The van der Waals surface area contributed by atoms with Gasteiger partial charge in [-0.15, -0.1) is 0 Å². The molecule has 168 valence electrons. The fourth-order valence-corrected chi connectivity index (χ4v) is 4.89. The number of sulfonamides is 1. The van der Waals surface area contributed by atoms with Crippen LogP contribution in [-0.2, 0) is 14.8 Å². The number of benzene rings is 2. The first-order valence-electron chi connectivity index (χ1n) is 10.4. The van der Waals surface area contributed by atoms with Gasteiger partial charge in [0.25, 0.3) is 0 Å². The van der Waals surface area contributed by atoms with Gasteiger partial charge in [-0.05, 0) is 29.8 Å². The molecule has 0 aromatic heterocycles. The summed E-state index contributed by atoms with van der Waals surface area (Å²) in [5.41, 5.74) is 0.631. The zero-order chi connectivity index (χ0) is 22.6. The zero-order valence-corrected chi connectivity index (χ0v) is 19.8. The first-order valence-corrected chi connectivity index (χ1v) is 12.3. The third-order valence-electron chi connectivity index (χ3n) is 5.46. The maximum Gasteiger partial charge on any atom is 0.240 e. The molecule has 0 saturated carbocycles. The summed E-state index contributed by atoms with van der Waals surface area (Å²) in [6.07, 6.45) is 0. The molecule has 0 aliphatic carbocycles. The second-order valence-corrected chi connectivity index (χ2v) is 11.0. The van der Waals surface area contributed by atoms with Gasteiger partial charge in [-0.1, -0.05) is 62.7 Å². The second kappa shape index (κ2) is 9.69. The number of halogens is 1. The smallest absolute Gasteiger partial charge is 0.240 e. The summed E-state index contributed by atoms with van der Waals surface area (Å²) in [7, 11) is -3.66. The molecule has 1 heterocycles. The van der Waals surface area contributed by atoms with Crippen molar-refractivity contribution >= 4 is 27.5 Å². The number of hydrogen-bond donors (Lipinski definition) is 1. The van der Waals surface area contributed by atoms with Crippen molar-refractivity contribution in [2.75, 3.05) is 32.7 Å². The molecule has 1 N–H and O–H groups in total. The van der Waals surface area contributed by atoms with Crippen LogP contribution >= 0.6 is 11.6 Å². The maximum atomic E-state index is 12.8. The second-order valence-electron chi connectivity index (χ2n) is 8.81. The summed E-state index contributed by atoms with van der Waals surface area (Å²) in [5.74, 6) is 0.145. The molecule has 0 bridgehead atoms. The Hall–Kier alpha value is -1.93. The molecule has 8 heteroatoms. The predicted molar refractivity (Wildman–Crippen MR) is 123 cm³/mol. The van der Waals surface area contributed by atoms with E-state index >= 15 is 0 Å². The first-order chi connectivity index (χ1) is 14.6. The summed E-state index contributed by atoms with van der Waals surface area (Å²) in [6.45, 7) is 8.66. The molecule has 3 rings (SSSR count). The number of nitrogens with one attached hydrogen (secondary N) is 1. The van der Waals surface area contributed by atoms with E-state index in [1.54, 1.807) is 12.1 Å². The number of rotatable bonds is 6. The topological polar surface area (TPSA) is 69.7 Å². The lowest BCUT2D eigenvalue weighted by Crippen LogP contribution is -2.53. The van der Waals surface area contributed by atoms with E-state index in [1.807, 2.05) is 56.0 Å². The summed E-state index contributed by atoms with van der Waals surface area (Å²) in [4.78, 5) is 16.9. The highest BCUT2D eigenvalue weighted by molar-refractivity contribution is 7.89. The number of hydrogen-bond acceptors (Lipinski definition) is 4. The SMILES string of the molecule is CC(C)(C)C(=O)N1CCN(C(CNS(=O)(=O)c2ccc(Cl)cc2)c2ccccc2)CC1. The van der Waals surface area contributed by atoms with Gasteiger partial charge in [0.2, 0.25) is 15.9 Å². The molecule has 1 aliphatic heterocycles. The van der Waals surface area contributed by atoms with Gasteiger partial charge < -0.3 is 4.90 Å². The fraction of sp³-hybridized carbons (Fsp3) is 0.435. The Kier molecular flexibility index (Phi) is 7.42. The van der Waals surface area contributed by atoms with Crippen molar-refractivity contribution in [2.45, 2.75) is 31.7 Å². The minimum absolute atomic E-state index is 0.129. The Bertz CT molecular complexity index is 981. The van der Waals surface area contributed by atoms with E-state index < -0.39 is 15.4 Å². The molecule has 1 aliphatic rings. The van der Waals surface area contributed by atoms with Crippen LogP contribution in [0, 0.1) is 5.41 Å². The average molecular weight is 464 g/mol. The van der Waals surface area contributed by atoms with Crippen LogP contribution in [0.2, 0.25) is 5.02 Å². The Morgan fingerprint density at radius 2 is 1.58 bits per heavy atom. The highest BCUT2D eigenvalue weighted by Crippen LogP contribution is 2.25. The molecule has 1 unspecified atom stereocenters. The van der Waals surface area contributed by atoms with Crippen LogP contribution in [0.3, 0.4) is 0 Å². The molecule has 2 aromatic rings. The Labute approximate surface area is 190 Å². The molecule has 1 fully saturated rings. The molecular formula is C23H30ClN3O3S. The molecular weight excluding hydrogens is 434 g/mol. The average Bonchev–Trinajstić information content (AvgIpc) is 2.74. The van der Waals surface area contributed by atoms with Gasteiger partial charge in [-0.25, -0.2) is 13.1 Å². The maximum absolute atomic E-state index is 12.8. The van der Waals surface area contributed by atoms with Gasteiger partial charge in [0.15, 0.2) is 0 Å². The third kappa shape index (κ3) is 6.07. The highest BCUT2D eigenvalue weighted by Gasteiger charge is 2.32. The molecule has 6 nitrogen and oxygen atoms in total. The Morgan fingerprint density at radius 1 is 1.00 bits per heavy atom. The third-order valence-corrected chi connectivity index (χ3v) is 7.15. The zero-order valence-electron chi connectivity index (χ0n) is 18.2. The van der Waals surface area contributed by atoms with Crippen LogP contribution in [-0.4, -0.2) is 56.8 Å². The molecule has 1 atom stereocenters. The van der Waals surface area contributed by atoms with Gasteiger partial charge in [0.05, 0.1) is 4.90 Å². The molecule has 1 amide bonds. The van der Waals surface area contributed by atoms with Crippen molar-refractivity contribution in [3.8, 4) is 0 Å². The number of carbonyl (C=O) groups excluding carboxylic acids is 1. The van der Waals surface area contributed by atoms with Crippen LogP contribution in [0.25, 0.3) is 0 Å². The van der Waals surface area contributed by atoms with Gasteiger partial charge in [0.1, 0.15) is 0 Å². The summed E-state index contributed by atoms with van der Waals surface area (Å²) >= 11 is 5.88. The first kappa shape index (κ1) is 23.7. The minimum atomic E-state index is -3.66. The Balaban J connectivity index is 1.73. The monoisotopic (exact) mass is 463 g/mol. The van der Waals surface area contributed by atoms with Crippen LogP contribution in [0.1, 0.15) is 32.4 Å². The van der Waals surface area contributed by atoms with Crippen molar-refractivity contribution in [1.29, 1.82) is 0 Å². The van der Waals surface area contributed by atoms with Gasteiger partial charge in [-0.3, -0.25) is 9.69 Å². The van der Waals surface area contributed by atoms with E-state index in [0.717, 1.165) is 5.56 Å². The predicted octanol–water partition coefficient (Wildman–Crippen LogP) is 3.55. The molecule has 0 radical (unpaired) electrons. The lowest BCUT2D eigenvalue weighted by atomic mass is 9.94. The fourth-order valence-electron chi connectivity index (χ4n) is 3.73. The number of amides is 1. The lowest BCUT2D eigenvalue weighted by molar-refractivity contribution is -0.141. The molecule has 0 spiro atoms. The summed E-state index contributed by atoms with van der Waals surface area (Å²) < 4.78 is 28.3. The molecule has 2 aromatic carbocycles. The van der Waals surface area contributed by atoms with Crippen LogP contribution in [0.15, 0.2) is 59.5 Å². The number of carbonyl (C=O) groups is 1. The normalized spacial score (nSPS) is 16.8. The molecule has 31 heavy (non-hydrogen) atoms. The van der Waals surface area contributed by atoms with Crippen molar-refractivity contribution < 1.29 is 13.2 Å². The standard InChI is InChI=1S/C23H30ClN3O3S/c1-23(2,3)22(28)27-15-13-26(14-16-27)21(18-7-5-4-6-8-18)17-25-31(29,30)20-11-9-19(24)10-12-20/h4-12,21,25H,13-17H2,1-3H3. The van der Waals surface area contributed by atoms with Crippen LogP contribution < -0.4 is 4.72 Å². The van der Waals surface area contributed by atoms with Gasteiger partial charge in [0, 0.05) is 49.2 Å². The van der Waals surface area contributed by atoms with Crippen molar-refractivity contribution in [3.63, 3.8) is 0 Å². The van der Waals surface area contributed by atoms with Crippen LogP contribution in [0.5, 0.6) is 0 Å². The van der Waals surface area contributed by atoms with E-state index in [9.17, 15) is 13.2 Å². The van der Waals surface area contributed by atoms with Crippen molar-refractivity contribution in [3.05, 3.63) is 65.2 Å². The summed E-state index contributed by atoms with van der Waals surface area (Å²) in [6, 6.07) is 15.9. The van der Waals surface area contributed by atoms with Gasteiger partial charge in [-0.2, -0.15) is 0 Å². The lowest BCUT2D eigenvalue weighted by Gasteiger charge is -2.41. The minimum Gasteiger partial charge on any atom is -0.340 e. The van der Waals surface area contributed by atoms with E-state index in [0.29, 0.717) is 31.2 Å². The van der Waals surface area contributed by atoms with E-state index in [2.05, 4.69) is 9.62 Å². The van der Waals surface area contributed by atoms with E-state index in [4.69, 9.17) is 11.6 Å².